The fourth-order valence-corrected chi connectivity index (χ4v) is 6.80. The van der Waals surface area contributed by atoms with Crippen LogP contribution >= 0.6 is 0 Å². The lowest BCUT2D eigenvalue weighted by Crippen LogP contribution is -2.40. The van der Waals surface area contributed by atoms with Gasteiger partial charge in [0.1, 0.15) is 5.76 Å². The topological polar surface area (TPSA) is 122 Å². The number of nitrogens with one attached hydrogen (secondary N) is 3. The molecule has 3 N–H and O–H groups in total. The first-order chi connectivity index (χ1) is 17.3. The molecule has 9 nitrogen and oxygen atoms in total. The number of halogens is 1. The Kier molecular flexibility index (Phi) is 6.58. The number of H-pyrrole nitrogens is 1. The molecule has 1 fully saturated rings. The van der Waals surface area contributed by atoms with Gasteiger partial charge < -0.3 is 14.2 Å². The van der Waals surface area contributed by atoms with Gasteiger partial charge in [0.15, 0.2) is 25.8 Å². The van der Waals surface area contributed by atoms with Crippen LogP contribution < -0.4 is 10.0 Å². The second-order valence-corrected chi connectivity index (χ2v) is 18.0. The monoisotopic (exact) mass is 547 g/mol. The number of hydrogen-bond acceptors (Lipinski definition) is 7. The molecule has 3 aromatic rings. The highest BCUT2D eigenvalue weighted by Gasteiger charge is 2.38. The molecule has 1 aromatic carbocycles. The SMILES string of the molecule is CC(C)(C)[Si](C)(C)OCc1cnc(C2CCC(c3cc(Nc4ccc5c(c4F)CNS5(=O)=O)n[nH]3)C2)o1. The van der Waals surface area contributed by atoms with Gasteiger partial charge in [0, 0.05) is 35.7 Å². The van der Waals surface area contributed by atoms with E-state index in [2.05, 4.69) is 59.1 Å². The number of fused-ring (bicyclic) bond motifs is 1. The largest absolute Gasteiger partial charge is 0.443 e. The molecule has 0 spiro atoms. The van der Waals surface area contributed by atoms with Gasteiger partial charge in [-0.25, -0.2) is 22.5 Å². The molecule has 0 bridgehead atoms. The van der Waals surface area contributed by atoms with Crippen molar-refractivity contribution in [2.24, 2.45) is 0 Å². The molecule has 0 saturated heterocycles. The summed E-state index contributed by atoms with van der Waals surface area (Å²) < 4.78 is 53.4. The Morgan fingerprint density at radius 2 is 2.00 bits per heavy atom. The van der Waals surface area contributed by atoms with E-state index in [-0.39, 0.29) is 39.6 Å². The molecule has 200 valence electrons. The molecule has 0 amide bonds. The third-order valence-corrected chi connectivity index (χ3v) is 13.9. The average molecular weight is 548 g/mol. The van der Waals surface area contributed by atoms with Crippen molar-refractivity contribution in [3.8, 4) is 0 Å². The molecular formula is C25H34FN5O4SSi. The summed E-state index contributed by atoms with van der Waals surface area (Å²) in [5.74, 6) is 1.87. The maximum absolute atomic E-state index is 14.9. The first-order valence-electron chi connectivity index (χ1n) is 12.6. The van der Waals surface area contributed by atoms with E-state index in [0.717, 1.165) is 36.6 Å². The molecule has 2 unspecified atom stereocenters. The summed E-state index contributed by atoms with van der Waals surface area (Å²) in [6, 6.07) is 4.71. The average Bonchev–Trinajstić information content (AvgIpc) is 3.60. The van der Waals surface area contributed by atoms with E-state index in [0.29, 0.717) is 12.4 Å². The van der Waals surface area contributed by atoms with Crippen LogP contribution in [0.15, 0.2) is 33.7 Å². The van der Waals surface area contributed by atoms with Crippen molar-refractivity contribution in [3.05, 3.63) is 53.1 Å². The number of aromatic nitrogens is 3. The van der Waals surface area contributed by atoms with Gasteiger partial charge in [-0.1, -0.05) is 20.8 Å². The highest BCUT2D eigenvalue weighted by atomic mass is 32.2. The second kappa shape index (κ2) is 9.33. The van der Waals surface area contributed by atoms with Gasteiger partial charge in [0.05, 0.1) is 23.4 Å². The molecule has 1 aliphatic heterocycles. The fourth-order valence-electron chi connectivity index (χ4n) is 4.64. The van der Waals surface area contributed by atoms with Gasteiger partial charge in [-0.15, -0.1) is 0 Å². The zero-order valence-electron chi connectivity index (χ0n) is 21.8. The summed E-state index contributed by atoms with van der Waals surface area (Å²) >= 11 is 0. The summed E-state index contributed by atoms with van der Waals surface area (Å²) in [6.45, 7) is 11.5. The van der Waals surface area contributed by atoms with Gasteiger partial charge >= 0.3 is 0 Å². The normalized spacial score (nSPS) is 21.4. The number of aromatic amines is 1. The van der Waals surface area contributed by atoms with E-state index >= 15 is 0 Å². The van der Waals surface area contributed by atoms with Crippen LogP contribution in [-0.4, -0.2) is 31.9 Å². The minimum Gasteiger partial charge on any atom is -0.443 e. The lowest BCUT2D eigenvalue weighted by atomic mass is 10.0. The van der Waals surface area contributed by atoms with Crippen LogP contribution in [0.5, 0.6) is 0 Å². The van der Waals surface area contributed by atoms with E-state index < -0.39 is 24.2 Å². The number of hydrogen-bond donors (Lipinski definition) is 3. The standard InChI is InChI=1S/C25H34FN5O4SSi/c1-25(2,3)37(4,5)34-14-17-12-27-24(35-17)16-7-6-15(10-16)20-11-22(31-30-20)29-19-8-9-21-18(23(19)26)13-28-36(21,32)33/h8-9,11-12,15-16,28H,6-7,10,13-14H2,1-5H3,(H2,29,30,31). The van der Waals surface area contributed by atoms with E-state index in [1.165, 1.54) is 12.1 Å². The Morgan fingerprint density at radius 3 is 2.76 bits per heavy atom. The number of rotatable bonds is 7. The van der Waals surface area contributed by atoms with Crippen molar-refractivity contribution >= 4 is 29.8 Å². The maximum Gasteiger partial charge on any atom is 0.241 e. The molecule has 2 aromatic heterocycles. The Balaban J connectivity index is 1.21. The minimum atomic E-state index is -3.63. The summed E-state index contributed by atoms with van der Waals surface area (Å²) in [7, 11) is -5.49. The number of benzene rings is 1. The summed E-state index contributed by atoms with van der Waals surface area (Å²) in [5.41, 5.74) is 1.29. The number of sulfonamides is 1. The van der Waals surface area contributed by atoms with E-state index in [4.69, 9.17) is 8.84 Å². The van der Waals surface area contributed by atoms with Crippen LogP contribution in [0.1, 0.15) is 74.8 Å². The third kappa shape index (κ3) is 5.11. The third-order valence-electron chi connectivity index (χ3n) is 7.96. The highest BCUT2D eigenvalue weighted by Crippen LogP contribution is 2.44. The Hall–Kier alpha value is -2.54. The predicted octanol–water partition coefficient (Wildman–Crippen LogP) is 5.65. The Labute approximate surface area is 217 Å². The Morgan fingerprint density at radius 1 is 1.24 bits per heavy atom. The fraction of sp³-hybridized carbons (Fsp3) is 0.520. The predicted molar refractivity (Wildman–Crippen MR) is 140 cm³/mol. The van der Waals surface area contributed by atoms with Crippen molar-refractivity contribution in [2.45, 2.75) is 88.0 Å². The second-order valence-electron chi connectivity index (χ2n) is 11.5. The molecule has 12 heteroatoms. The summed E-state index contributed by atoms with van der Waals surface area (Å²) in [4.78, 5) is 4.52. The van der Waals surface area contributed by atoms with Crippen molar-refractivity contribution in [2.75, 3.05) is 5.32 Å². The molecule has 2 atom stereocenters. The molecule has 1 aliphatic carbocycles. The van der Waals surface area contributed by atoms with Crippen LogP contribution in [0, 0.1) is 5.82 Å². The molecular weight excluding hydrogens is 513 g/mol. The van der Waals surface area contributed by atoms with Crippen LogP contribution in [0.3, 0.4) is 0 Å². The van der Waals surface area contributed by atoms with Crippen LogP contribution in [0.25, 0.3) is 0 Å². The van der Waals surface area contributed by atoms with Crippen LogP contribution in [0.2, 0.25) is 18.1 Å². The van der Waals surface area contributed by atoms with Crippen molar-refractivity contribution in [3.63, 3.8) is 0 Å². The first-order valence-corrected chi connectivity index (χ1v) is 16.9. The number of oxazole rings is 1. The summed E-state index contributed by atoms with van der Waals surface area (Å²) in [5, 5.41) is 10.5. The lowest BCUT2D eigenvalue weighted by Gasteiger charge is -2.35. The molecule has 3 heterocycles. The highest BCUT2D eigenvalue weighted by molar-refractivity contribution is 7.89. The molecule has 37 heavy (non-hydrogen) atoms. The quantitative estimate of drug-likeness (QED) is 0.327. The smallest absolute Gasteiger partial charge is 0.241 e. The molecule has 5 rings (SSSR count). The van der Waals surface area contributed by atoms with Crippen molar-refractivity contribution in [1.82, 2.24) is 19.9 Å². The van der Waals surface area contributed by atoms with Gasteiger partial charge in [-0.2, -0.15) is 5.10 Å². The van der Waals surface area contributed by atoms with Gasteiger partial charge in [-0.05, 0) is 49.5 Å². The summed E-state index contributed by atoms with van der Waals surface area (Å²) in [6.07, 6.45) is 4.57. The number of anilines is 2. The maximum atomic E-state index is 14.9. The van der Waals surface area contributed by atoms with Gasteiger partial charge in [-0.3, -0.25) is 5.10 Å². The zero-order valence-corrected chi connectivity index (χ0v) is 23.6. The van der Waals surface area contributed by atoms with Crippen LogP contribution in [0.4, 0.5) is 15.9 Å². The molecule has 2 aliphatic rings. The van der Waals surface area contributed by atoms with Crippen molar-refractivity contribution < 1.29 is 21.7 Å². The first kappa shape index (κ1) is 26.1. The van der Waals surface area contributed by atoms with E-state index in [1.807, 2.05) is 6.07 Å². The number of nitrogens with zero attached hydrogens (tertiary/aromatic N) is 2. The molecule has 0 radical (unpaired) electrons. The van der Waals surface area contributed by atoms with Gasteiger partial charge in [0.25, 0.3) is 0 Å². The molecule has 1 saturated carbocycles. The van der Waals surface area contributed by atoms with Gasteiger partial charge in [0.2, 0.25) is 10.0 Å². The van der Waals surface area contributed by atoms with Crippen molar-refractivity contribution in [1.29, 1.82) is 0 Å². The minimum absolute atomic E-state index is 0.0171. The van der Waals surface area contributed by atoms with Crippen LogP contribution in [-0.2, 0) is 27.6 Å². The van der Waals surface area contributed by atoms with E-state index in [1.54, 1.807) is 6.20 Å². The zero-order chi connectivity index (χ0) is 26.6. The Bertz CT molecular complexity index is 1410. The lowest BCUT2D eigenvalue weighted by molar-refractivity contribution is 0.240. The van der Waals surface area contributed by atoms with E-state index in [9.17, 15) is 12.8 Å².